The molecule has 0 aliphatic rings. The zero-order chi connectivity index (χ0) is 13.1. The van der Waals surface area contributed by atoms with E-state index in [1.807, 2.05) is 0 Å². The summed E-state index contributed by atoms with van der Waals surface area (Å²) in [6.07, 6.45) is -0.0144. The third kappa shape index (κ3) is 3.25. The molecule has 17 heavy (non-hydrogen) atoms. The molecular formula is C12H9F3O2. The summed E-state index contributed by atoms with van der Waals surface area (Å²) in [7, 11) is 0. The summed E-state index contributed by atoms with van der Waals surface area (Å²) in [6, 6.07) is 3.05. The van der Waals surface area contributed by atoms with Gasteiger partial charge in [0.1, 0.15) is 12.0 Å². The van der Waals surface area contributed by atoms with Crippen molar-refractivity contribution < 1.29 is 22.7 Å². The van der Waals surface area contributed by atoms with Crippen LogP contribution < -0.4 is 4.74 Å². The van der Waals surface area contributed by atoms with E-state index in [2.05, 4.69) is 5.92 Å². The molecule has 5 heteroatoms. The second kappa shape index (κ2) is 4.91. The van der Waals surface area contributed by atoms with Crippen molar-refractivity contribution in [3.8, 4) is 18.1 Å². The van der Waals surface area contributed by atoms with Crippen LogP contribution in [0.1, 0.15) is 22.8 Å². The number of hydrogen-bond donors (Lipinski definition) is 0. The molecule has 1 aromatic carbocycles. The number of halogens is 3. The van der Waals surface area contributed by atoms with Crippen LogP contribution in [0.2, 0.25) is 0 Å². The van der Waals surface area contributed by atoms with Gasteiger partial charge in [-0.15, -0.1) is 6.42 Å². The number of aldehydes is 1. The molecule has 0 heterocycles. The minimum atomic E-state index is -4.59. The van der Waals surface area contributed by atoms with E-state index in [0.717, 1.165) is 12.1 Å². The Labute approximate surface area is 96.4 Å². The van der Waals surface area contributed by atoms with Gasteiger partial charge in [-0.25, -0.2) is 0 Å². The molecule has 0 amide bonds. The standard InChI is InChI=1S/C12H9F3O2/c1-3-8(2)17-11-5-4-9(7-16)6-10(11)12(13,14)15/h1,4-8H,2H3. The maximum atomic E-state index is 12.7. The van der Waals surface area contributed by atoms with E-state index in [-0.39, 0.29) is 11.3 Å². The third-order valence-electron chi connectivity index (χ3n) is 1.98. The van der Waals surface area contributed by atoms with Gasteiger partial charge in [-0.2, -0.15) is 13.2 Å². The van der Waals surface area contributed by atoms with Gasteiger partial charge >= 0.3 is 6.18 Å². The predicted molar refractivity (Wildman–Crippen MR) is 55.8 cm³/mol. The van der Waals surface area contributed by atoms with Gasteiger partial charge in [0.2, 0.25) is 0 Å². The van der Waals surface area contributed by atoms with Crippen LogP contribution in [0, 0.1) is 12.3 Å². The molecule has 0 aliphatic carbocycles. The van der Waals surface area contributed by atoms with Crippen molar-refractivity contribution in [3.05, 3.63) is 29.3 Å². The van der Waals surface area contributed by atoms with Crippen molar-refractivity contribution in [2.45, 2.75) is 19.2 Å². The molecule has 0 fully saturated rings. The SMILES string of the molecule is C#CC(C)Oc1ccc(C=O)cc1C(F)(F)F. The quantitative estimate of drug-likeness (QED) is 0.601. The Morgan fingerprint density at radius 2 is 2.12 bits per heavy atom. The largest absolute Gasteiger partial charge is 0.477 e. The van der Waals surface area contributed by atoms with Crippen LogP contribution in [0.15, 0.2) is 18.2 Å². The van der Waals surface area contributed by atoms with Crippen LogP contribution in [-0.4, -0.2) is 12.4 Å². The third-order valence-corrected chi connectivity index (χ3v) is 1.98. The molecule has 0 aliphatic heterocycles. The van der Waals surface area contributed by atoms with E-state index in [4.69, 9.17) is 11.2 Å². The highest BCUT2D eigenvalue weighted by molar-refractivity contribution is 5.75. The van der Waals surface area contributed by atoms with E-state index in [9.17, 15) is 18.0 Å². The highest BCUT2D eigenvalue weighted by atomic mass is 19.4. The van der Waals surface area contributed by atoms with Crippen LogP contribution >= 0.6 is 0 Å². The molecule has 2 nitrogen and oxygen atoms in total. The molecule has 90 valence electrons. The van der Waals surface area contributed by atoms with Crippen molar-refractivity contribution in [1.29, 1.82) is 0 Å². The zero-order valence-electron chi connectivity index (χ0n) is 8.91. The monoisotopic (exact) mass is 242 g/mol. The van der Waals surface area contributed by atoms with Gasteiger partial charge in [0.25, 0.3) is 0 Å². The average Bonchev–Trinajstić information content (AvgIpc) is 2.28. The number of benzene rings is 1. The minimum absolute atomic E-state index is 0.0713. The first kappa shape index (κ1) is 13.1. The lowest BCUT2D eigenvalue weighted by Gasteiger charge is -2.15. The molecule has 0 radical (unpaired) electrons. The fourth-order valence-corrected chi connectivity index (χ4v) is 1.17. The van der Waals surface area contributed by atoms with E-state index in [1.165, 1.54) is 13.0 Å². The first-order valence-corrected chi connectivity index (χ1v) is 4.67. The summed E-state index contributed by atoms with van der Waals surface area (Å²) in [5.41, 5.74) is -1.08. The number of rotatable bonds is 3. The van der Waals surface area contributed by atoms with E-state index in [0.29, 0.717) is 6.29 Å². The van der Waals surface area contributed by atoms with Crippen LogP contribution in [0.3, 0.4) is 0 Å². The molecule has 0 saturated carbocycles. The topological polar surface area (TPSA) is 26.3 Å². The molecule has 1 aromatic rings. The summed E-state index contributed by atoms with van der Waals surface area (Å²) in [5, 5.41) is 0. The highest BCUT2D eigenvalue weighted by Gasteiger charge is 2.35. The Hall–Kier alpha value is -1.96. The maximum absolute atomic E-state index is 12.7. The fraction of sp³-hybridized carbons (Fsp3) is 0.250. The van der Waals surface area contributed by atoms with Gasteiger partial charge in [0.05, 0.1) is 5.56 Å². The molecule has 1 unspecified atom stereocenters. The van der Waals surface area contributed by atoms with Crippen molar-refractivity contribution in [3.63, 3.8) is 0 Å². The Kier molecular flexibility index (Phi) is 3.79. The van der Waals surface area contributed by atoms with Gasteiger partial charge < -0.3 is 4.74 Å². The lowest BCUT2D eigenvalue weighted by Crippen LogP contribution is -2.14. The number of hydrogen-bond acceptors (Lipinski definition) is 2. The first-order valence-electron chi connectivity index (χ1n) is 4.67. The molecule has 0 spiro atoms. The number of terminal acetylenes is 1. The first-order chi connectivity index (χ1) is 7.88. The molecule has 1 rings (SSSR count). The fourth-order valence-electron chi connectivity index (χ4n) is 1.17. The number of alkyl halides is 3. The summed E-state index contributed by atoms with van der Waals surface area (Å²) in [4.78, 5) is 10.4. The van der Waals surface area contributed by atoms with Crippen molar-refractivity contribution >= 4 is 6.29 Å². The van der Waals surface area contributed by atoms with Crippen LogP contribution in [0.5, 0.6) is 5.75 Å². The van der Waals surface area contributed by atoms with E-state index in [1.54, 1.807) is 0 Å². The molecule has 0 N–H and O–H groups in total. The van der Waals surface area contributed by atoms with Crippen molar-refractivity contribution in [1.82, 2.24) is 0 Å². The normalized spacial score (nSPS) is 12.6. The Balaban J connectivity index is 3.21. The molecular weight excluding hydrogens is 233 g/mol. The van der Waals surface area contributed by atoms with Gasteiger partial charge in [-0.05, 0) is 25.1 Å². The second-order valence-electron chi connectivity index (χ2n) is 3.30. The van der Waals surface area contributed by atoms with Crippen LogP contribution in [0.25, 0.3) is 0 Å². The van der Waals surface area contributed by atoms with Crippen molar-refractivity contribution in [2.75, 3.05) is 0 Å². The van der Waals surface area contributed by atoms with E-state index >= 15 is 0 Å². The molecule has 0 saturated heterocycles. The Bertz CT molecular complexity index is 458. The smallest absolute Gasteiger partial charge is 0.419 e. The summed E-state index contributed by atoms with van der Waals surface area (Å²) in [5.74, 6) is 1.78. The summed E-state index contributed by atoms with van der Waals surface area (Å²) in [6.45, 7) is 1.45. The second-order valence-corrected chi connectivity index (χ2v) is 3.30. The van der Waals surface area contributed by atoms with Crippen LogP contribution in [0.4, 0.5) is 13.2 Å². The van der Waals surface area contributed by atoms with Crippen LogP contribution in [-0.2, 0) is 6.18 Å². The number of carbonyl (C=O) groups excluding carboxylic acids is 1. The predicted octanol–water partition coefficient (Wildman–Crippen LogP) is 2.92. The zero-order valence-corrected chi connectivity index (χ0v) is 8.91. The highest BCUT2D eigenvalue weighted by Crippen LogP contribution is 2.37. The molecule has 1 atom stereocenters. The maximum Gasteiger partial charge on any atom is 0.419 e. The van der Waals surface area contributed by atoms with Gasteiger partial charge in [-0.1, -0.05) is 5.92 Å². The number of carbonyl (C=O) groups is 1. The lowest BCUT2D eigenvalue weighted by molar-refractivity contribution is -0.139. The molecule has 0 aromatic heterocycles. The van der Waals surface area contributed by atoms with Gasteiger partial charge in [0, 0.05) is 5.56 Å². The number of ether oxygens (including phenoxy) is 1. The van der Waals surface area contributed by atoms with E-state index < -0.39 is 17.8 Å². The Morgan fingerprint density at radius 3 is 2.59 bits per heavy atom. The summed E-state index contributed by atoms with van der Waals surface area (Å²) >= 11 is 0. The average molecular weight is 242 g/mol. The minimum Gasteiger partial charge on any atom is -0.477 e. The lowest BCUT2D eigenvalue weighted by atomic mass is 10.1. The van der Waals surface area contributed by atoms with Gasteiger partial charge in [-0.3, -0.25) is 4.79 Å². The van der Waals surface area contributed by atoms with Crippen molar-refractivity contribution in [2.24, 2.45) is 0 Å². The summed E-state index contributed by atoms with van der Waals surface area (Å²) < 4.78 is 43.0. The van der Waals surface area contributed by atoms with Gasteiger partial charge in [0.15, 0.2) is 6.10 Å². The Morgan fingerprint density at radius 1 is 1.47 bits per heavy atom. The molecule has 0 bridgehead atoms.